The van der Waals surface area contributed by atoms with Gasteiger partial charge in [0.15, 0.2) is 0 Å². The number of halogens is 1. The van der Waals surface area contributed by atoms with Crippen molar-refractivity contribution in [1.29, 1.82) is 0 Å². The van der Waals surface area contributed by atoms with Gasteiger partial charge in [-0.2, -0.15) is 0 Å². The Morgan fingerprint density at radius 1 is 1.07 bits per heavy atom. The molecule has 0 aliphatic rings. The smallest absolute Gasteiger partial charge is 0.274 e. The second-order valence-electron chi connectivity index (χ2n) is 6.45. The van der Waals surface area contributed by atoms with Crippen LogP contribution in [0.1, 0.15) is 34.1 Å². The summed E-state index contributed by atoms with van der Waals surface area (Å²) < 4.78 is 13.7. The number of anilines is 2. The normalized spacial score (nSPS) is 10.5. The summed E-state index contributed by atoms with van der Waals surface area (Å²) in [6.07, 6.45) is 2.85. The van der Waals surface area contributed by atoms with Gasteiger partial charge in [0.25, 0.3) is 5.91 Å². The zero-order chi connectivity index (χ0) is 19.9. The fourth-order valence-corrected chi connectivity index (χ4v) is 2.96. The first-order valence-corrected chi connectivity index (χ1v) is 9.28. The number of nitrogens with zero attached hydrogens (tertiary/aromatic N) is 2. The van der Waals surface area contributed by atoms with E-state index in [1.54, 1.807) is 24.3 Å². The van der Waals surface area contributed by atoms with Crippen molar-refractivity contribution in [2.24, 2.45) is 0 Å². The number of benzene rings is 2. The topological polar surface area (TPSA) is 66.9 Å². The molecule has 0 atom stereocenters. The van der Waals surface area contributed by atoms with Crippen LogP contribution in [-0.2, 0) is 12.8 Å². The molecular formula is C22H23FN4O. The average Bonchev–Trinajstić information content (AvgIpc) is 2.71. The van der Waals surface area contributed by atoms with Gasteiger partial charge in [-0.25, -0.2) is 14.4 Å². The predicted octanol–water partition coefficient (Wildman–Crippen LogP) is 4.39. The molecule has 3 aromatic rings. The van der Waals surface area contributed by atoms with E-state index in [-0.39, 0.29) is 17.4 Å². The van der Waals surface area contributed by atoms with E-state index in [4.69, 9.17) is 0 Å². The van der Waals surface area contributed by atoms with Crippen molar-refractivity contribution in [2.45, 2.75) is 26.7 Å². The molecular weight excluding hydrogens is 355 g/mol. The van der Waals surface area contributed by atoms with Gasteiger partial charge in [0.2, 0.25) is 5.95 Å². The third kappa shape index (κ3) is 4.71. The molecule has 2 aromatic carbocycles. The lowest BCUT2D eigenvalue weighted by Crippen LogP contribution is -2.17. The Kier molecular flexibility index (Phi) is 6.32. The molecule has 1 heterocycles. The highest BCUT2D eigenvalue weighted by molar-refractivity contribution is 6.03. The Hall–Kier alpha value is -3.28. The summed E-state index contributed by atoms with van der Waals surface area (Å²) in [6.45, 7) is 4.47. The minimum Gasteiger partial charge on any atom is -0.354 e. The number of aryl methyl sites for hydroxylation is 2. The van der Waals surface area contributed by atoms with Crippen molar-refractivity contribution in [3.05, 3.63) is 82.9 Å². The number of carbonyl (C=O) groups is 1. The third-order valence-electron chi connectivity index (χ3n) is 4.50. The molecule has 0 saturated carbocycles. The summed E-state index contributed by atoms with van der Waals surface area (Å²) in [6, 6.07) is 14.2. The zero-order valence-corrected chi connectivity index (χ0v) is 16.0. The van der Waals surface area contributed by atoms with Gasteiger partial charge in [-0.3, -0.25) is 4.79 Å². The van der Waals surface area contributed by atoms with Gasteiger partial charge in [0, 0.05) is 18.4 Å². The standard InChI is InChI=1S/C22H23FN4O/c1-3-16-9-6-7-15(2)20(16)27-21(28)19-12-14-25-22(26-19)24-13-11-17-8-4-5-10-18(17)23/h4-10,12,14H,3,11,13H2,1-2H3,(H,27,28)(H,24,25,26). The molecule has 6 heteroatoms. The van der Waals surface area contributed by atoms with Crippen molar-refractivity contribution < 1.29 is 9.18 Å². The number of hydrogen-bond acceptors (Lipinski definition) is 4. The van der Waals surface area contributed by atoms with Crippen LogP contribution in [0.4, 0.5) is 16.0 Å². The molecule has 0 fully saturated rings. The highest BCUT2D eigenvalue weighted by Gasteiger charge is 2.13. The van der Waals surface area contributed by atoms with Crippen LogP contribution in [0.2, 0.25) is 0 Å². The molecule has 0 aliphatic heterocycles. The molecule has 5 nitrogen and oxygen atoms in total. The van der Waals surface area contributed by atoms with Crippen LogP contribution in [0.3, 0.4) is 0 Å². The number of aromatic nitrogens is 2. The molecule has 1 amide bonds. The maximum atomic E-state index is 13.7. The Morgan fingerprint density at radius 2 is 1.86 bits per heavy atom. The Balaban J connectivity index is 1.66. The summed E-state index contributed by atoms with van der Waals surface area (Å²) in [5.74, 6) is -0.184. The number of amides is 1. The predicted molar refractivity (Wildman–Crippen MR) is 109 cm³/mol. The van der Waals surface area contributed by atoms with E-state index in [9.17, 15) is 9.18 Å². The number of hydrogen-bond donors (Lipinski definition) is 2. The minimum absolute atomic E-state index is 0.233. The molecule has 0 aliphatic carbocycles. The van der Waals surface area contributed by atoms with Gasteiger partial charge >= 0.3 is 0 Å². The summed E-state index contributed by atoms with van der Waals surface area (Å²) in [4.78, 5) is 21.1. The van der Waals surface area contributed by atoms with Crippen molar-refractivity contribution >= 4 is 17.5 Å². The van der Waals surface area contributed by atoms with Crippen LogP contribution in [0.15, 0.2) is 54.7 Å². The van der Waals surface area contributed by atoms with Crippen LogP contribution >= 0.6 is 0 Å². The lowest BCUT2D eigenvalue weighted by atomic mass is 10.1. The van der Waals surface area contributed by atoms with E-state index in [0.29, 0.717) is 24.5 Å². The van der Waals surface area contributed by atoms with Gasteiger partial charge in [0.05, 0.1) is 0 Å². The van der Waals surface area contributed by atoms with Crippen molar-refractivity contribution in [2.75, 3.05) is 17.2 Å². The summed E-state index contributed by atoms with van der Waals surface area (Å²) in [7, 11) is 0. The van der Waals surface area contributed by atoms with Crippen molar-refractivity contribution in [1.82, 2.24) is 9.97 Å². The fourth-order valence-electron chi connectivity index (χ4n) is 2.96. The van der Waals surface area contributed by atoms with E-state index < -0.39 is 0 Å². The maximum Gasteiger partial charge on any atom is 0.274 e. The molecule has 2 N–H and O–H groups in total. The average molecular weight is 378 g/mol. The molecule has 144 valence electrons. The second-order valence-corrected chi connectivity index (χ2v) is 6.45. The number of carbonyl (C=O) groups excluding carboxylic acids is 1. The molecule has 1 aromatic heterocycles. The van der Waals surface area contributed by atoms with Gasteiger partial charge < -0.3 is 10.6 Å². The van der Waals surface area contributed by atoms with Crippen LogP contribution in [0.25, 0.3) is 0 Å². The number of rotatable bonds is 7. The molecule has 0 spiro atoms. The minimum atomic E-state index is -0.288. The van der Waals surface area contributed by atoms with Gasteiger partial charge in [-0.05, 0) is 48.6 Å². The largest absolute Gasteiger partial charge is 0.354 e. The molecule has 28 heavy (non-hydrogen) atoms. The van der Waals surface area contributed by atoms with Crippen LogP contribution in [0.5, 0.6) is 0 Å². The first-order chi connectivity index (χ1) is 13.6. The van der Waals surface area contributed by atoms with Crippen molar-refractivity contribution in [3.8, 4) is 0 Å². The van der Waals surface area contributed by atoms with E-state index in [0.717, 1.165) is 23.2 Å². The molecule has 3 rings (SSSR count). The number of nitrogens with one attached hydrogen (secondary N) is 2. The Morgan fingerprint density at radius 3 is 2.64 bits per heavy atom. The first kappa shape index (κ1) is 19.5. The number of para-hydroxylation sites is 1. The monoisotopic (exact) mass is 378 g/mol. The van der Waals surface area contributed by atoms with Gasteiger partial charge in [0.1, 0.15) is 11.5 Å². The van der Waals surface area contributed by atoms with E-state index in [1.807, 2.05) is 32.0 Å². The molecule has 0 unspecified atom stereocenters. The molecule has 0 bridgehead atoms. The highest BCUT2D eigenvalue weighted by Crippen LogP contribution is 2.21. The third-order valence-corrected chi connectivity index (χ3v) is 4.50. The highest BCUT2D eigenvalue weighted by atomic mass is 19.1. The summed E-state index contributed by atoms with van der Waals surface area (Å²) in [5.41, 5.74) is 3.79. The van der Waals surface area contributed by atoms with Crippen molar-refractivity contribution in [3.63, 3.8) is 0 Å². The Bertz CT molecular complexity index is 974. The van der Waals surface area contributed by atoms with E-state index >= 15 is 0 Å². The van der Waals surface area contributed by atoms with E-state index in [1.165, 1.54) is 12.3 Å². The van der Waals surface area contributed by atoms with Gasteiger partial charge in [-0.15, -0.1) is 0 Å². The maximum absolute atomic E-state index is 13.7. The van der Waals surface area contributed by atoms with E-state index in [2.05, 4.69) is 20.6 Å². The quantitative estimate of drug-likeness (QED) is 0.640. The lowest BCUT2D eigenvalue weighted by Gasteiger charge is -2.13. The molecule has 0 radical (unpaired) electrons. The summed E-state index contributed by atoms with van der Waals surface area (Å²) >= 11 is 0. The Labute approximate surface area is 164 Å². The zero-order valence-electron chi connectivity index (χ0n) is 16.0. The molecule has 0 saturated heterocycles. The summed E-state index contributed by atoms with van der Waals surface area (Å²) in [5, 5.41) is 6.00. The SMILES string of the molecule is CCc1cccc(C)c1NC(=O)c1ccnc(NCCc2ccccc2F)n1. The fraction of sp³-hybridized carbons (Fsp3) is 0.227. The first-order valence-electron chi connectivity index (χ1n) is 9.28. The second kappa shape index (κ2) is 9.08. The van der Waals surface area contributed by atoms with Crippen LogP contribution < -0.4 is 10.6 Å². The van der Waals surface area contributed by atoms with Crippen LogP contribution in [0, 0.1) is 12.7 Å². The lowest BCUT2D eigenvalue weighted by molar-refractivity contribution is 0.102. The van der Waals surface area contributed by atoms with Crippen LogP contribution in [-0.4, -0.2) is 22.4 Å². The van der Waals surface area contributed by atoms with Gasteiger partial charge in [-0.1, -0.05) is 43.3 Å².